The molecule has 2 aromatic carbocycles. The highest BCUT2D eigenvalue weighted by atomic mass is 19.1. The first kappa shape index (κ1) is 15.8. The van der Waals surface area contributed by atoms with Gasteiger partial charge in [0.25, 0.3) is 5.91 Å². The lowest BCUT2D eigenvalue weighted by molar-refractivity contribution is -0.123. The van der Waals surface area contributed by atoms with Crippen molar-refractivity contribution in [2.24, 2.45) is 0 Å². The van der Waals surface area contributed by atoms with Crippen molar-refractivity contribution in [1.29, 1.82) is 0 Å². The van der Waals surface area contributed by atoms with Crippen molar-refractivity contribution in [3.05, 3.63) is 60.2 Å². The lowest BCUT2D eigenvalue weighted by atomic mass is 10.3. The van der Waals surface area contributed by atoms with Crippen molar-refractivity contribution in [3.63, 3.8) is 0 Å². The van der Waals surface area contributed by atoms with Gasteiger partial charge >= 0.3 is 0 Å². The molecule has 4 nitrogen and oxygen atoms in total. The van der Waals surface area contributed by atoms with Crippen LogP contribution in [0.15, 0.2) is 48.5 Å². The monoisotopic (exact) mass is 307 g/mol. The van der Waals surface area contributed by atoms with Crippen molar-refractivity contribution in [1.82, 2.24) is 5.32 Å². The van der Waals surface area contributed by atoms with Gasteiger partial charge in [0.05, 0.1) is 6.54 Å². The Labute approximate surface area is 126 Å². The van der Waals surface area contributed by atoms with E-state index in [4.69, 9.17) is 9.47 Å². The number of hydrogen-bond acceptors (Lipinski definition) is 3. The fourth-order valence-electron chi connectivity index (χ4n) is 1.64. The van der Waals surface area contributed by atoms with Gasteiger partial charge in [-0.25, -0.2) is 8.78 Å². The number of benzene rings is 2. The molecule has 22 heavy (non-hydrogen) atoms. The van der Waals surface area contributed by atoms with Crippen LogP contribution in [0.3, 0.4) is 0 Å². The fourth-order valence-corrected chi connectivity index (χ4v) is 1.64. The predicted molar refractivity (Wildman–Crippen MR) is 76.8 cm³/mol. The first-order chi connectivity index (χ1) is 10.6. The second kappa shape index (κ2) is 7.97. The molecule has 2 rings (SSSR count). The van der Waals surface area contributed by atoms with Gasteiger partial charge in [0.15, 0.2) is 18.2 Å². The van der Waals surface area contributed by atoms with E-state index in [2.05, 4.69) is 5.32 Å². The third-order valence-electron chi connectivity index (χ3n) is 2.70. The molecule has 0 aromatic heterocycles. The third-order valence-corrected chi connectivity index (χ3v) is 2.70. The van der Waals surface area contributed by atoms with Gasteiger partial charge in [0, 0.05) is 0 Å². The average molecular weight is 307 g/mol. The van der Waals surface area contributed by atoms with Crippen molar-refractivity contribution < 1.29 is 23.0 Å². The molecule has 6 heteroatoms. The number of hydrogen-bond donors (Lipinski definition) is 1. The normalized spacial score (nSPS) is 10.1. The van der Waals surface area contributed by atoms with Crippen LogP contribution >= 0.6 is 0 Å². The molecular weight excluding hydrogens is 292 g/mol. The van der Waals surface area contributed by atoms with Crippen LogP contribution in [0.4, 0.5) is 8.78 Å². The summed E-state index contributed by atoms with van der Waals surface area (Å²) in [6.07, 6.45) is 0. The second-order valence-electron chi connectivity index (χ2n) is 4.37. The maximum Gasteiger partial charge on any atom is 0.258 e. The number of amides is 1. The van der Waals surface area contributed by atoms with Gasteiger partial charge in [-0.15, -0.1) is 0 Å². The minimum Gasteiger partial charge on any atom is -0.489 e. The summed E-state index contributed by atoms with van der Waals surface area (Å²) in [5.74, 6) is -0.629. The Morgan fingerprint density at radius 1 is 1.00 bits per heavy atom. The number of carbonyl (C=O) groups is 1. The van der Waals surface area contributed by atoms with Crippen molar-refractivity contribution in [2.45, 2.75) is 0 Å². The number of nitrogens with one attached hydrogen (secondary N) is 1. The van der Waals surface area contributed by atoms with Crippen LogP contribution in [0.25, 0.3) is 0 Å². The first-order valence-corrected chi connectivity index (χ1v) is 6.67. The Balaban J connectivity index is 1.64. The van der Waals surface area contributed by atoms with Crippen molar-refractivity contribution >= 4 is 5.91 Å². The summed E-state index contributed by atoms with van der Waals surface area (Å²) in [7, 11) is 0. The molecule has 0 fully saturated rings. The van der Waals surface area contributed by atoms with Gasteiger partial charge in [-0.3, -0.25) is 4.79 Å². The lowest BCUT2D eigenvalue weighted by Crippen LogP contribution is -2.32. The maximum atomic E-state index is 13.3. The van der Waals surface area contributed by atoms with Gasteiger partial charge in [-0.1, -0.05) is 12.1 Å². The highest BCUT2D eigenvalue weighted by Gasteiger charge is 2.04. The Morgan fingerprint density at radius 3 is 2.45 bits per heavy atom. The molecule has 0 bridgehead atoms. The molecule has 116 valence electrons. The Morgan fingerprint density at radius 2 is 1.73 bits per heavy atom. The van der Waals surface area contributed by atoms with E-state index in [1.54, 1.807) is 12.1 Å². The zero-order valence-corrected chi connectivity index (χ0v) is 11.7. The van der Waals surface area contributed by atoms with E-state index < -0.39 is 5.82 Å². The highest BCUT2D eigenvalue weighted by Crippen LogP contribution is 2.14. The van der Waals surface area contributed by atoms with Crippen molar-refractivity contribution in [3.8, 4) is 11.5 Å². The van der Waals surface area contributed by atoms with Crippen molar-refractivity contribution in [2.75, 3.05) is 19.8 Å². The number of halogens is 2. The largest absolute Gasteiger partial charge is 0.489 e. The summed E-state index contributed by atoms with van der Waals surface area (Å²) in [4.78, 5) is 11.5. The Bertz CT molecular complexity index is 617. The van der Waals surface area contributed by atoms with Crippen LogP contribution in [-0.2, 0) is 4.79 Å². The van der Waals surface area contributed by atoms with E-state index in [0.29, 0.717) is 5.75 Å². The topological polar surface area (TPSA) is 47.6 Å². The molecule has 0 heterocycles. The summed E-state index contributed by atoms with van der Waals surface area (Å²) in [5.41, 5.74) is 0. The molecule has 0 unspecified atom stereocenters. The van der Waals surface area contributed by atoms with Gasteiger partial charge in [-0.05, 0) is 36.4 Å². The summed E-state index contributed by atoms with van der Waals surface area (Å²) >= 11 is 0. The third kappa shape index (κ3) is 5.05. The molecule has 0 spiro atoms. The van der Waals surface area contributed by atoms with E-state index >= 15 is 0 Å². The number of ether oxygens (including phenoxy) is 2. The zero-order chi connectivity index (χ0) is 15.8. The maximum absolute atomic E-state index is 13.3. The van der Waals surface area contributed by atoms with E-state index in [1.165, 1.54) is 36.4 Å². The van der Waals surface area contributed by atoms with Crippen LogP contribution in [0.2, 0.25) is 0 Å². The SMILES string of the molecule is O=C(COc1ccc(F)cc1)NCCOc1ccccc1F. The summed E-state index contributed by atoms with van der Waals surface area (Å²) in [6.45, 7) is 0.175. The van der Waals surface area contributed by atoms with Crippen LogP contribution in [0.5, 0.6) is 11.5 Å². The zero-order valence-electron chi connectivity index (χ0n) is 11.7. The van der Waals surface area contributed by atoms with Gasteiger partial charge in [-0.2, -0.15) is 0 Å². The van der Waals surface area contributed by atoms with Gasteiger partial charge in [0.1, 0.15) is 18.2 Å². The van der Waals surface area contributed by atoms with Gasteiger partial charge < -0.3 is 14.8 Å². The molecular formula is C16H15F2NO3. The molecule has 0 atom stereocenters. The Kier molecular flexibility index (Phi) is 5.71. The average Bonchev–Trinajstić information content (AvgIpc) is 2.52. The molecule has 0 radical (unpaired) electrons. The number of rotatable bonds is 7. The minimum atomic E-state index is -0.450. The highest BCUT2D eigenvalue weighted by molar-refractivity contribution is 5.77. The first-order valence-electron chi connectivity index (χ1n) is 6.67. The quantitative estimate of drug-likeness (QED) is 0.800. The summed E-state index contributed by atoms with van der Waals surface area (Å²) in [6, 6.07) is 11.4. The van der Waals surface area contributed by atoms with Crippen LogP contribution < -0.4 is 14.8 Å². The van der Waals surface area contributed by atoms with Gasteiger partial charge in [0.2, 0.25) is 0 Å². The molecule has 0 aliphatic carbocycles. The molecule has 2 aromatic rings. The van der Waals surface area contributed by atoms with Crippen LogP contribution in [0, 0.1) is 11.6 Å². The lowest BCUT2D eigenvalue weighted by Gasteiger charge is -2.09. The van der Waals surface area contributed by atoms with E-state index in [1.807, 2.05) is 0 Å². The molecule has 0 aliphatic rings. The smallest absolute Gasteiger partial charge is 0.258 e. The fraction of sp³-hybridized carbons (Fsp3) is 0.188. The standard InChI is InChI=1S/C16H15F2NO3/c17-12-5-7-13(8-6-12)22-11-16(20)19-9-10-21-15-4-2-1-3-14(15)18/h1-8H,9-11H2,(H,19,20). The number of para-hydroxylation sites is 1. The molecule has 0 aliphatic heterocycles. The summed E-state index contributed by atoms with van der Waals surface area (Å²) in [5, 5.41) is 2.57. The molecule has 0 saturated heterocycles. The van der Waals surface area contributed by atoms with E-state index in [9.17, 15) is 13.6 Å². The van der Waals surface area contributed by atoms with E-state index in [0.717, 1.165) is 0 Å². The second-order valence-corrected chi connectivity index (χ2v) is 4.37. The van der Waals surface area contributed by atoms with E-state index in [-0.39, 0.29) is 37.2 Å². The molecule has 1 N–H and O–H groups in total. The van der Waals surface area contributed by atoms with Crippen LogP contribution in [0.1, 0.15) is 0 Å². The van der Waals surface area contributed by atoms with Crippen LogP contribution in [-0.4, -0.2) is 25.7 Å². The number of carbonyl (C=O) groups excluding carboxylic acids is 1. The summed E-state index contributed by atoms with van der Waals surface area (Å²) < 4.78 is 36.3. The minimum absolute atomic E-state index is 0.138. The Hall–Kier alpha value is -2.63. The molecule has 1 amide bonds. The molecule has 0 saturated carbocycles. The predicted octanol–water partition coefficient (Wildman–Crippen LogP) is 2.54.